The average Bonchev–Trinajstić information content (AvgIpc) is 3.82. The fraction of sp³-hybridized carbons (Fsp3) is 0.163. The van der Waals surface area contributed by atoms with Gasteiger partial charge in [0.05, 0.1) is 22.8 Å². The Morgan fingerprint density at radius 1 is 0.774 bits per heavy atom. The zero-order chi connectivity index (χ0) is 35.6. The molecule has 5 aromatic carbocycles. The molecular formula is C49H42N4. The monoisotopic (exact) mass is 686 g/mol. The second kappa shape index (κ2) is 12.5. The molecule has 4 nitrogen and oxygen atoms in total. The molecule has 4 aliphatic rings. The fourth-order valence-corrected chi connectivity index (χ4v) is 9.45. The predicted molar refractivity (Wildman–Crippen MR) is 221 cm³/mol. The first-order valence-electron chi connectivity index (χ1n) is 19.0. The lowest BCUT2D eigenvalue weighted by atomic mass is 9.72. The molecule has 0 bridgehead atoms. The number of benzene rings is 5. The van der Waals surface area contributed by atoms with Gasteiger partial charge in [0.15, 0.2) is 0 Å². The largest absolute Gasteiger partial charge is 0.345 e. The van der Waals surface area contributed by atoms with Crippen LogP contribution in [-0.4, -0.2) is 16.1 Å². The fourth-order valence-electron chi connectivity index (χ4n) is 9.45. The van der Waals surface area contributed by atoms with Crippen molar-refractivity contribution in [3.63, 3.8) is 0 Å². The van der Waals surface area contributed by atoms with E-state index in [0.29, 0.717) is 5.92 Å². The van der Waals surface area contributed by atoms with Gasteiger partial charge in [-0.2, -0.15) is 0 Å². The molecule has 0 saturated carbocycles. The molecule has 3 unspecified atom stereocenters. The summed E-state index contributed by atoms with van der Waals surface area (Å²) in [5, 5.41) is 0. The van der Waals surface area contributed by atoms with E-state index in [2.05, 4.69) is 163 Å². The minimum absolute atomic E-state index is 0.0699. The van der Waals surface area contributed by atoms with E-state index in [1.807, 2.05) is 18.5 Å². The minimum atomic E-state index is 0.0699. The Morgan fingerprint density at radius 2 is 1.43 bits per heavy atom. The Labute approximate surface area is 312 Å². The van der Waals surface area contributed by atoms with Crippen molar-refractivity contribution in [3.8, 4) is 33.6 Å². The van der Waals surface area contributed by atoms with Crippen molar-refractivity contribution in [2.45, 2.75) is 45.2 Å². The number of nitrogens with one attached hydrogen (secondary N) is 1. The van der Waals surface area contributed by atoms with Crippen LogP contribution in [0.5, 0.6) is 0 Å². The molecule has 1 N–H and O–H groups in total. The molecule has 1 aromatic heterocycles. The zero-order valence-electron chi connectivity index (χ0n) is 30.3. The molecule has 258 valence electrons. The third-order valence-electron chi connectivity index (χ3n) is 11.8. The van der Waals surface area contributed by atoms with Gasteiger partial charge in [-0.25, -0.2) is 4.98 Å². The van der Waals surface area contributed by atoms with Gasteiger partial charge < -0.3 is 14.8 Å². The number of fused-ring (bicyclic) bond motifs is 12. The van der Waals surface area contributed by atoms with Crippen LogP contribution in [0.4, 0.5) is 11.4 Å². The molecule has 0 spiro atoms. The molecule has 0 saturated heterocycles. The summed E-state index contributed by atoms with van der Waals surface area (Å²) < 4.78 is 0. The number of nitrogens with zero attached hydrogens (tertiary/aromatic N) is 3. The number of imidazole rings is 1. The third-order valence-corrected chi connectivity index (χ3v) is 11.8. The lowest BCUT2D eigenvalue weighted by molar-refractivity contribution is 0.589. The third kappa shape index (κ3) is 4.78. The first-order chi connectivity index (χ1) is 26.1. The van der Waals surface area contributed by atoms with Crippen molar-refractivity contribution in [2.75, 3.05) is 9.80 Å². The van der Waals surface area contributed by atoms with E-state index in [9.17, 15) is 0 Å². The molecule has 3 aliphatic heterocycles. The highest BCUT2D eigenvalue weighted by atomic mass is 15.4. The van der Waals surface area contributed by atoms with Crippen molar-refractivity contribution in [1.82, 2.24) is 9.97 Å². The summed E-state index contributed by atoms with van der Waals surface area (Å²) >= 11 is 0. The molecule has 0 amide bonds. The molecule has 3 atom stereocenters. The van der Waals surface area contributed by atoms with Crippen molar-refractivity contribution < 1.29 is 0 Å². The molecule has 0 radical (unpaired) electrons. The van der Waals surface area contributed by atoms with E-state index in [-0.39, 0.29) is 12.1 Å². The number of aromatic amines is 1. The standard InChI is InChI=1S/C49H42N4/c1-4-5-6-15-31(2)30-33-16-13-22-39(45(33)49-50-28-29-51-49)36-26-27-37(36)41-24-14-23-40-35-18-8-10-21-43(35)48-47-42-20-9-7-17-34(42)38-19-11-12-25-44(38)52(47)32(3)53(48)46(40)41/h4-14,16-25,27-29,31-32,36H,1,15,26,30H2,2-3H3,(H,50,51)/b6-5-. The van der Waals surface area contributed by atoms with Gasteiger partial charge in [0.25, 0.3) is 0 Å². The summed E-state index contributed by atoms with van der Waals surface area (Å²) in [7, 11) is 0. The summed E-state index contributed by atoms with van der Waals surface area (Å²) in [4.78, 5) is 13.6. The maximum Gasteiger partial charge on any atom is 0.137 e. The molecule has 53 heavy (non-hydrogen) atoms. The van der Waals surface area contributed by atoms with Gasteiger partial charge in [-0.3, -0.25) is 0 Å². The highest BCUT2D eigenvalue weighted by Gasteiger charge is 2.47. The first-order valence-corrected chi connectivity index (χ1v) is 19.0. The van der Waals surface area contributed by atoms with Crippen LogP contribution in [0, 0.1) is 5.92 Å². The van der Waals surface area contributed by atoms with Gasteiger partial charge in [0.2, 0.25) is 0 Å². The van der Waals surface area contributed by atoms with E-state index in [1.54, 1.807) is 0 Å². The maximum atomic E-state index is 4.83. The van der Waals surface area contributed by atoms with E-state index in [1.165, 1.54) is 84.0 Å². The Hall–Kier alpha value is -6.13. The maximum absolute atomic E-state index is 4.83. The van der Waals surface area contributed by atoms with Crippen molar-refractivity contribution >= 4 is 28.3 Å². The number of H-pyrrole nitrogens is 1. The highest BCUT2D eigenvalue weighted by molar-refractivity contribution is 6.18. The second-order valence-electron chi connectivity index (χ2n) is 14.9. The first kappa shape index (κ1) is 31.6. The predicted octanol–water partition coefficient (Wildman–Crippen LogP) is 12.1. The molecule has 10 rings (SSSR count). The zero-order valence-corrected chi connectivity index (χ0v) is 30.3. The number of hydrogen-bond acceptors (Lipinski definition) is 3. The van der Waals surface area contributed by atoms with Crippen molar-refractivity contribution in [3.05, 3.63) is 180 Å². The number of anilines is 2. The smallest absolute Gasteiger partial charge is 0.137 e. The number of rotatable bonds is 8. The molecule has 6 aromatic rings. The number of allylic oxidation sites excluding steroid dienone is 5. The van der Waals surface area contributed by atoms with Crippen LogP contribution in [0.25, 0.3) is 50.6 Å². The highest BCUT2D eigenvalue weighted by Crippen LogP contribution is 2.60. The van der Waals surface area contributed by atoms with Crippen LogP contribution < -0.4 is 9.80 Å². The van der Waals surface area contributed by atoms with E-state index < -0.39 is 0 Å². The van der Waals surface area contributed by atoms with Gasteiger partial charge in [0.1, 0.15) is 12.0 Å². The molecule has 4 heteroatoms. The van der Waals surface area contributed by atoms with Crippen LogP contribution in [0.1, 0.15) is 60.4 Å². The molecule has 4 heterocycles. The minimum Gasteiger partial charge on any atom is -0.345 e. The summed E-state index contributed by atoms with van der Waals surface area (Å²) in [5.74, 6) is 1.70. The molecular weight excluding hydrogens is 645 g/mol. The summed E-state index contributed by atoms with van der Waals surface area (Å²) in [6.07, 6.45) is 15.5. The lowest BCUT2D eigenvalue weighted by Crippen LogP contribution is -2.40. The summed E-state index contributed by atoms with van der Waals surface area (Å²) in [6, 6.07) is 40.8. The van der Waals surface area contributed by atoms with Crippen molar-refractivity contribution in [1.29, 1.82) is 0 Å². The number of para-hydroxylation sites is 2. The van der Waals surface area contributed by atoms with Gasteiger partial charge in [-0.1, -0.05) is 141 Å². The topological polar surface area (TPSA) is 35.2 Å². The van der Waals surface area contributed by atoms with Crippen LogP contribution >= 0.6 is 0 Å². The molecule has 1 aliphatic carbocycles. The SMILES string of the molecule is C=C/C=C\CC(C)Cc1cccc(C2CC=C2c2cccc3c2N2C(=C4c5ccccc5-c5ccccc5N4C2C)c2ccccc2-3)c1-c1ncc[nH]1. The Balaban J connectivity index is 1.14. The lowest BCUT2D eigenvalue weighted by Gasteiger charge is -2.40. The number of aromatic nitrogens is 2. The van der Waals surface area contributed by atoms with Gasteiger partial charge in [0, 0.05) is 51.7 Å². The Kier molecular flexibility index (Phi) is 7.47. The van der Waals surface area contributed by atoms with E-state index >= 15 is 0 Å². The van der Waals surface area contributed by atoms with Crippen LogP contribution in [0.2, 0.25) is 0 Å². The van der Waals surface area contributed by atoms with Gasteiger partial charge in [-0.15, -0.1) is 0 Å². The number of hydrogen-bond donors (Lipinski definition) is 1. The molecule has 0 fully saturated rings. The van der Waals surface area contributed by atoms with Gasteiger partial charge >= 0.3 is 0 Å². The second-order valence-corrected chi connectivity index (χ2v) is 14.9. The van der Waals surface area contributed by atoms with Crippen LogP contribution in [-0.2, 0) is 6.42 Å². The van der Waals surface area contributed by atoms with Crippen molar-refractivity contribution in [2.24, 2.45) is 5.92 Å². The summed E-state index contributed by atoms with van der Waals surface area (Å²) in [5.41, 5.74) is 19.6. The van der Waals surface area contributed by atoms with E-state index in [4.69, 9.17) is 4.98 Å². The normalized spacial score (nSPS) is 18.3. The van der Waals surface area contributed by atoms with E-state index in [0.717, 1.165) is 25.1 Å². The van der Waals surface area contributed by atoms with Crippen LogP contribution in [0.15, 0.2) is 152 Å². The summed E-state index contributed by atoms with van der Waals surface area (Å²) in [6.45, 7) is 8.57. The van der Waals surface area contributed by atoms with Crippen LogP contribution in [0.3, 0.4) is 0 Å². The quantitative estimate of drug-likeness (QED) is 0.162. The van der Waals surface area contributed by atoms with Gasteiger partial charge in [-0.05, 0) is 66.0 Å². The Bertz CT molecular complexity index is 2510. The Morgan fingerprint density at radius 3 is 2.15 bits per heavy atom. The average molecular weight is 687 g/mol.